The second-order valence-corrected chi connectivity index (χ2v) is 14.7. The predicted octanol–water partition coefficient (Wildman–Crippen LogP) is 9.97. The highest BCUT2D eigenvalue weighted by molar-refractivity contribution is 5.99. The third-order valence-electron chi connectivity index (χ3n) is 11.2. The molecular weight excluding hydrogens is 743 g/mol. The Hall–Kier alpha value is -6.42. The fourth-order valence-corrected chi connectivity index (χ4v) is 8.66. The molecule has 0 saturated heterocycles. The van der Waals surface area contributed by atoms with Crippen molar-refractivity contribution < 1.29 is 33.3 Å². The van der Waals surface area contributed by atoms with Crippen LogP contribution in [0.4, 0.5) is 10.5 Å². The zero-order valence-corrected chi connectivity index (χ0v) is 34.2. The van der Waals surface area contributed by atoms with E-state index < -0.39 is 6.09 Å². The first-order valence-electron chi connectivity index (χ1n) is 20.7. The first-order chi connectivity index (χ1) is 28.9. The van der Waals surface area contributed by atoms with E-state index in [1.165, 1.54) is 11.1 Å². The first kappa shape index (κ1) is 39.4. The van der Waals surface area contributed by atoms with Crippen molar-refractivity contribution in [1.82, 2.24) is 9.47 Å². The van der Waals surface area contributed by atoms with Gasteiger partial charge in [-0.15, -0.1) is 0 Å². The highest BCUT2D eigenvalue weighted by Crippen LogP contribution is 2.45. The fraction of sp³-hybridized carbons (Fsp3) is 0.306. The van der Waals surface area contributed by atoms with Crippen LogP contribution in [0.3, 0.4) is 0 Å². The summed E-state index contributed by atoms with van der Waals surface area (Å²) in [6, 6.07) is 34.1. The summed E-state index contributed by atoms with van der Waals surface area (Å²) in [6.07, 6.45) is 2.61. The summed E-state index contributed by atoms with van der Waals surface area (Å²) >= 11 is 0. The Morgan fingerprint density at radius 2 is 1.32 bits per heavy atom. The molecule has 10 heteroatoms. The quantitative estimate of drug-likeness (QED) is 0.111. The van der Waals surface area contributed by atoms with Gasteiger partial charge in [0.15, 0.2) is 23.0 Å². The average Bonchev–Trinajstić information content (AvgIpc) is 3.80. The predicted molar refractivity (Wildman–Crippen MR) is 230 cm³/mol. The number of carbonyl (C=O) groups excluding carboxylic acids is 2. The minimum atomic E-state index is -0.529. The Balaban J connectivity index is 1.03. The molecule has 2 amide bonds. The molecule has 1 N–H and O–H groups in total. The standard InChI is InChI=1S/C49H51N3O7/c1-5-55-44-21-20-32(27-45(44)56-6-2)26-43-39-29-47(58-8-4)46(57-7-3)28-33(39)22-25-52(43)48(53)30-51-24-23-38-41(18-13-19-42(38)51)50-49(54)59-31-40-36-16-11-9-14-34(36)35-15-10-12-17-37(35)40/h9-21,23-24,27-29,40,43H,5-8,22,25-26,30-31H2,1-4H3,(H,50,54). The lowest BCUT2D eigenvalue weighted by atomic mass is 9.88. The highest BCUT2D eigenvalue weighted by atomic mass is 16.5. The molecule has 2 aliphatic rings. The second-order valence-electron chi connectivity index (χ2n) is 14.7. The van der Waals surface area contributed by atoms with Crippen LogP contribution >= 0.6 is 0 Å². The molecule has 5 aromatic carbocycles. The van der Waals surface area contributed by atoms with Crippen LogP contribution in [0.2, 0.25) is 0 Å². The molecule has 1 atom stereocenters. The minimum absolute atomic E-state index is 0.0177. The van der Waals surface area contributed by atoms with Gasteiger partial charge in [0.25, 0.3) is 0 Å². The normalized spacial score (nSPS) is 14.3. The summed E-state index contributed by atoms with van der Waals surface area (Å²) in [5, 5.41) is 3.79. The molecule has 1 unspecified atom stereocenters. The number of nitrogens with zero attached hydrogens (tertiary/aromatic N) is 2. The van der Waals surface area contributed by atoms with E-state index in [1.54, 1.807) is 0 Å². The number of benzene rings is 5. The number of carbonyl (C=O) groups is 2. The summed E-state index contributed by atoms with van der Waals surface area (Å²) in [7, 11) is 0. The van der Waals surface area contributed by atoms with Crippen LogP contribution in [0.15, 0.2) is 109 Å². The van der Waals surface area contributed by atoms with Crippen LogP contribution in [0.25, 0.3) is 22.0 Å². The number of fused-ring (bicyclic) bond motifs is 5. The Morgan fingerprint density at radius 1 is 0.678 bits per heavy atom. The van der Waals surface area contributed by atoms with Crippen LogP contribution in [-0.4, -0.2) is 61.0 Å². The Kier molecular flexibility index (Phi) is 11.8. The van der Waals surface area contributed by atoms with Gasteiger partial charge in [0, 0.05) is 24.0 Å². The number of rotatable bonds is 15. The zero-order chi connectivity index (χ0) is 40.9. The monoisotopic (exact) mass is 793 g/mol. The van der Waals surface area contributed by atoms with E-state index in [2.05, 4.69) is 41.7 Å². The van der Waals surface area contributed by atoms with E-state index in [4.69, 9.17) is 23.7 Å². The number of ether oxygens (including phenoxy) is 5. The van der Waals surface area contributed by atoms with Crippen molar-refractivity contribution in [1.29, 1.82) is 0 Å². The third-order valence-corrected chi connectivity index (χ3v) is 11.2. The van der Waals surface area contributed by atoms with Gasteiger partial charge in [0.2, 0.25) is 5.91 Å². The molecule has 0 radical (unpaired) electrons. The Bertz CT molecular complexity index is 2430. The lowest BCUT2D eigenvalue weighted by molar-refractivity contribution is -0.134. The van der Waals surface area contributed by atoms with E-state index >= 15 is 0 Å². The molecule has 0 saturated carbocycles. The van der Waals surface area contributed by atoms with Crippen molar-refractivity contribution in [3.63, 3.8) is 0 Å². The minimum Gasteiger partial charge on any atom is -0.490 e. The smallest absolute Gasteiger partial charge is 0.411 e. The van der Waals surface area contributed by atoms with Crippen molar-refractivity contribution in [2.24, 2.45) is 0 Å². The lowest BCUT2D eigenvalue weighted by Gasteiger charge is -2.38. The molecule has 0 spiro atoms. The molecular formula is C49H51N3O7. The van der Waals surface area contributed by atoms with Gasteiger partial charge in [-0.2, -0.15) is 0 Å². The van der Waals surface area contributed by atoms with Crippen molar-refractivity contribution in [3.8, 4) is 34.1 Å². The number of aromatic nitrogens is 1. The van der Waals surface area contributed by atoms with E-state index in [1.807, 2.05) is 110 Å². The Labute approximate surface area is 345 Å². The number of anilines is 1. The average molecular weight is 794 g/mol. The van der Waals surface area contributed by atoms with Gasteiger partial charge in [0.1, 0.15) is 13.2 Å². The topological polar surface area (TPSA) is 100 Å². The van der Waals surface area contributed by atoms with Gasteiger partial charge >= 0.3 is 6.09 Å². The van der Waals surface area contributed by atoms with Crippen molar-refractivity contribution in [2.45, 2.75) is 59.0 Å². The van der Waals surface area contributed by atoms with Crippen LogP contribution < -0.4 is 24.3 Å². The number of hydrogen-bond donors (Lipinski definition) is 1. The zero-order valence-electron chi connectivity index (χ0n) is 34.2. The largest absolute Gasteiger partial charge is 0.490 e. The molecule has 59 heavy (non-hydrogen) atoms. The van der Waals surface area contributed by atoms with Gasteiger partial charge in [0.05, 0.1) is 43.7 Å². The molecule has 1 aliphatic carbocycles. The summed E-state index contributed by atoms with van der Waals surface area (Å²) < 4.78 is 31.7. The summed E-state index contributed by atoms with van der Waals surface area (Å²) in [4.78, 5) is 29.9. The molecule has 10 nitrogen and oxygen atoms in total. The van der Waals surface area contributed by atoms with E-state index in [0.717, 1.165) is 38.7 Å². The third kappa shape index (κ3) is 8.04. The van der Waals surface area contributed by atoms with Gasteiger partial charge in [-0.3, -0.25) is 10.1 Å². The van der Waals surface area contributed by atoms with Gasteiger partial charge in [-0.05, 0) is 122 Å². The van der Waals surface area contributed by atoms with E-state index in [9.17, 15) is 9.59 Å². The molecule has 0 bridgehead atoms. The molecule has 1 aliphatic heterocycles. The fourth-order valence-electron chi connectivity index (χ4n) is 8.66. The van der Waals surface area contributed by atoms with E-state index in [0.29, 0.717) is 74.5 Å². The maximum absolute atomic E-state index is 14.6. The molecule has 304 valence electrons. The molecule has 1 aromatic heterocycles. The summed E-state index contributed by atoms with van der Waals surface area (Å²) in [5.41, 5.74) is 9.31. The van der Waals surface area contributed by atoms with E-state index in [-0.39, 0.29) is 31.0 Å². The maximum atomic E-state index is 14.6. The SMILES string of the molecule is CCOc1ccc(CC2c3cc(OCC)c(OCC)cc3CCN2C(=O)Cn2ccc3c(NC(=O)OCC4c5ccccc5-c5ccccc54)cccc32)cc1OCC. The number of nitrogens with one attached hydrogen (secondary N) is 1. The van der Waals surface area contributed by atoms with Gasteiger partial charge in [-0.1, -0.05) is 60.7 Å². The Morgan fingerprint density at radius 3 is 2.02 bits per heavy atom. The van der Waals surface area contributed by atoms with Crippen molar-refractivity contribution in [2.75, 3.05) is 44.9 Å². The molecule has 2 heterocycles. The molecule has 6 aromatic rings. The highest BCUT2D eigenvalue weighted by Gasteiger charge is 2.33. The summed E-state index contributed by atoms with van der Waals surface area (Å²) in [5.74, 6) is 2.71. The van der Waals surface area contributed by atoms with Gasteiger partial charge in [-0.25, -0.2) is 4.79 Å². The van der Waals surface area contributed by atoms with Crippen LogP contribution in [0.1, 0.15) is 67.5 Å². The second kappa shape index (κ2) is 17.6. The molecule has 0 fully saturated rings. The first-order valence-corrected chi connectivity index (χ1v) is 20.7. The van der Waals surface area contributed by atoms with Crippen LogP contribution in [-0.2, 0) is 28.9 Å². The van der Waals surface area contributed by atoms with Crippen molar-refractivity contribution in [3.05, 3.63) is 137 Å². The maximum Gasteiger partial charge on any atom is 0.411 e. The summed E-state index contributed by atoms with van der Waals surface area (Å²) in [6.45, 7) is 10.7. The van der Waals surface area contributed by atoms with Crippen molar-refractivity contribution >= 4 is 28.6 Å². The van der Waals surface area contributed by atoms with Gasteiger partial charge < -0.3 is 33.2 Å². The molecule has 8 rings (SSSR count). The van der Waals surface area contributed by atoms with Crippen LogP contribution in [0.5, 0.6) is 23.0 Å². The number of hydrogen-bond acceptors (Lipinski definition) is 7. The number of amides is 2. The lowest BCUT2D eigenvalue weighted by Crippen LogP contribution is -2.42. The van der Waals surface area contributed by atoms with Crippen LogP contribution in [0, 0.1) is 0 Å².